The number of likely N-dealkylation sites (tertiary alicyclic amines) is 2. The average Bonchev–Trinajstić information content (AvgIpc) is 2.46. The number of hydrogen-bond acceptors (Lipinski definition) is 3. The largest absolute Gasteiger partial charge is 0.465 e. The van der Waals surface area contributed by atoms with E-state index in [1.807, 2.05) is 4.90 Å². The van der Waals surface area contributed by atoms with Crippen LogP contribution < -0.4 is 5.32 Å². The first-order valence-corrected chi connectivity index (χ1v) is 7.19. The number of nitrogens with zero attached hydrogens (tertiary/aromatic N) is 2. The van der Waals surface area contributed by atoms with Crippen LogP contribution in [0.3, 0.4) is 0 Å². The van der Waals surface area contributed by atoms with Crippen LogP contribution in [-0.4, -0.2) is 59.3 Å². The molecule has 0 aromatic heterocycles. The van der Waals surface area contributed by atoms with Crippen LogP contribution in [0.5, 0.6) is 0 Å². The Morgan fingerprint density at radius 2 is 1.74 bits per heavy atom. The maximum Gasteiger partial charge on any atom is 0.408 e. The van der Waals surface area contributed by atoms with Crippen molar-refractivity contribution in [3.05, 3.63) is 0 Å². The Labute approximate surface area is 113 Å². The van der Waals surface area contributed by atoms with Gasteiger partial charge in [0.05, 0.1) is 12.7 Å². The topological polar surface area (TPSA) is 72.9 Å². The highest BCUT2D eigenvalue weighted by Gasteiger charge is 2.27. The number of carbonyl (C=O) groups is 2. The van der Waals surface area contributed by atoms with E-state index >= 15 is 0 Å². The molecule has 1 atom stereocenters. The summed E-state index contributed by atoms with van der Waals surface area (Å²) in [6.07, 6.45) is 4.96. The van der Waals surface area contributed by atoms with Gasteiger partial charge >= 0.3 is 6.09 Å². The maximum absolute atomic E-state index is 12.0. The summed E-state index contributed by atoms with van der Waals surface area (Å²) in [6, 6.07) is 0. The quantitative estimate of drug-likeness (QED) is 0.804. The highest BCUT2D eigenvalue weighted by Crippen LogP contribution is 2.15. The van der Waals surface area contributed by atoms with Crippen LogP contribution in [0.25, 0.3) is 0 Å². The normalized spacial score (nSPS) is 24.3. The second kappa shape index (κ2) is 6.75. The van der Waals surface area contributed by atoms with E-state index in [0.29, 0.717) is 6.54 Å². The molecule has 1 unspecified atom stereocenters. The van der Waals surface area contributed by atoms with Gasteiger partial charge in [-0.1, -0.05) is 0 Å². The third-order valence-electron chi connectivity index (χ3n) is 3.95. The highest BCUT2D eigenvalue weighted by molar-refractivity contribution is 5.78. The number of carboxylic acid groups (broad SMARTS) is 1. The summed E-state index contributed by atoms with van der Waals surface area (Å²) >= 11 is 0. The minimum atomic E-state index is -0.900. The molecule has 2 fully saturated rings. The number of nitrogens with one attached hydrogen (secondary N) is 1. The smallest absolute Gasteiger partial charge is 0.408 e. The average molecular weight is 269 g/mol. The fraction of sp³-hybridized carbons (Fsp3) is 0.846. The van der Waals surface area contributed by atoms with Crippen molar-refractivity contribution in [1.29, 1.82) is 0 Å². The van der Waals surface area contributed by atoms with Gasteiger partial charge < -0.3 is 10.0 Å². The molecule has 0 bridgehead atoms. The Bertz CT molecular complexity index is 329. The summed E-state index contributed by atoms with van der Waals surface area (Å²) < 4.78 is 0. The molecule has 19 heavy (non-hydrogen) atoms. The van der Waals surface area contributed by atoms with Gasteiger partial charge in [-0.15, -0.1) is 0 Å². The van der Waals surface area contributed by atoms with E-state index in [1.54, 1.807) is 0 Å². The molecule has 2 N–H and O–H groups in total. The summed E-state index contributed by atoms with van der Waals surface area (Å²) in [5.74, 6) is 0.0932. The van der Waals surface area contributed by atoms with Gasteiger partial charge in [-0.2, -0.15) is 0 Å². The van der Waals surface area contributed by atoms with Crippen LogP contribution in [-0.2, 0) is 4.79 Å². The first kappa shape index (κ1) is 14.1. The molecule has 2 saturated heterocycles. The molecule has 108 valence electrons. The van der Waals surface area contributed by atoms with Crippen molar-refractivity contribution >= 4 is 12.0 Å². The summed E-state index contributed by atoms with van der Waals surface area (Å²) in [5, 5.41) is 12.2. The molecule has 0 aromatic carbocycles. The van der Waals surface area contributed by atoms with E-state index in [2.05, 4.69) is 5.32 Å². The number of piperidine rings is 2. The molecule has 0 saturated carbocycles. The fourth-order valence-corrected chi connectivity index (χ4v) is 2.83. The van der Waals surface area contributed by atoms with Crippen LogP contribution in [0.2, 0.25) is 0 Å². The molecule has 2 rings (SSSR count). The molecule has 0 radical (unpaired) electrons. The molecular weight excluding hydrogens is 246 g/mol. The van der Waals surface area contributed by atoms with Crippen molar-refractivity contribution in [3.63, 3.8) is 0 Å². The maximum atomic E-state index is 12.0. The lowest BCUT2D eigenvalue weighted by molar-refractivity contribution is -0.131. The number of carbonyl (C=O) groups excluding carboxylic acids is 1. The van der Waals surface area contributed by atoms with Gasteiger partial charge in [-0.3, -0.25) is 15.0 Å². The Kier molecular flexibility index (Phi) is 5.01. The molecule has 2 amide bonds. The van der Waals surface area contributed by atoms with E-state index in [4.69, 9.17) is 5.11 Å². The van der Waals surface area contributed by atoms with Gasteiger partial charge in [0.1, 0.15) is 0 Å². The first-order chi connectivity index (χ1) is 9.18. The minimum Gasteiger partial charge on any atom is -0.465 e. The molecule has 0 aliphatic carbocycles. The van der Waals surface area contributed by atoms with Crippen molar-refractivity contribution in [2.75, 3.05) is 26.2 Å². The number of amides is 2. The van der Waals surface area contributed by atoms with Gasteiger partial charge in [0.25, 0.3) is 0 Å². The van der Waals surface area contributed by atoms with Crippen LogP contribution in [0.15, 0.2) is 0 Å². The van der Waals surface area contributed by atoms with Gasteiger partial charge in [-0.05, 0) is 38.5 Å². The van der Waals surface area contributed by atoms with E-state index in [0.717, 1.165) is 45.2 Å². The molecule has 6 heteroatoms. The van der Waals surface area contributed by atoms with Crippen LogP contribution in [0.1, 0.15) is 38.5 Å². The number of rotatable bonds is 3. The second-order valence-corrected chi connectivity index (χ2v) is 5.31. The summed E-state index contributed by atoms with van der Waals surface area (Å²) in [7, 11) is 0. The predicted molar refractivity (Wildman–Crippen MR) is 70.8 cm³/mol. The van der Waals surface area contributed by atoms with Crippen LogP contribution in [0, 0.1) is 0 Å². The van der Waals surface area contributed by atoms with Gasteiger partial charge in [-0.25, -0.2) is 4.79 Å². The zero-order valence-corrected chi connectivity index (χ0v) is 11.3. The Morgan fingerprint density at radius 3 is 2.42 bits per heavy atom. The lowest BCUT2D eigenvalue weighted by Gasteiger charge is -2.35. The lowest BCUT2D eigenvalue weighted by atomic mass is 10.1. The van der Waals surface area contributed by atoms with Crippen molar-refractivity contribution in [3.8, 4) is 0 Å². The van der Waals surface area contributed by atoms with Gasteiger partial charge in [0.2, 0.25) is 5.91 Å². The van der Waals surface area contributed by atoms with Crippen LogP contribution in [0.4, 0.5) is 4.79 Å². The van der Waals surface area contributed by atoms with Gasteiger partial charge in [0.15, 0.2) is 0 Å². The van der Waals surface area contributed by atoms with E-state index in [1.165, 1.54) is 11.3 Å². The standard InChI is InChI=1S/C13H23N3O3/c17-12(15-7-3-1-4-8-15)10-14-11-6-2-5-9-16(11)13(18)19/h11,14H,1-10H2,(H,18,19). The van der Waals surface area contributed by atoms with Crippen LogP contribution >= 0.6 is 0 Å². The monoisotopic (exact) mass is 269 g/mol. The minimum absolute atomic E-state index is 0.0932. The molecule has 0 spiro atoms. The molecule has 6 nitrogen and oxygen atoms in total. The third-order valence-corrected chi connectivity index (χ3v) is 3.95. The molecule has 2 aliphatic heterocycles. The Hall–Kier alpha value is -1.30. The van der Waals surface area contributed by atoms with E-state index in [9.17, 15) is 9.59 Å². The highest BCUT2D eigenvalue weighted by atomic mass is 16.4. The van der Waals surface area contributed by atoms with Crippen molar-refractivity contribution in [1.82, 2.24) is 15.1 Å². The van der Waals surface area contributed by atoms with Gasteiger partial charge in [0, 0.05) is 19.6 Å². The predicted octanol–water partition coefficient (Wildman–Crippen LogP) is 1.08. The van der Waals surface area contributed by atoms with Crippen molar-refractivity contribution < 1.29 is 14.7 Å². The number of hydrogen-bond donors (Lipinski definition) is 2. The SMILES string of the molecule is O=C(CNC1CCCCN1C(=O)O)N1CCCCC1. The molecule has 2 heterocycles. The lowest BCUT2D eigenvalue weighted by Crippen LogP contribution is -2.53. The molecule has 0 aromatic rings. The fourth-order valence-electron chi connectivity index (χ4n) is 2.83. The van der Waals surface area contributed by atoms with Crippen molar-refractivity contribution in [2.24, 2.45) is 0 Å². The first-order valence-electron chi connectivity index (χ1n) is 7.19. The zero-order valence-electron chi connectivity index (χ0n) is 11.3. The Balaban J connectivity index is 1.79. The van der Waals surface area contributed by atoms with E-state index < -0.39 is 6.09 Å². The van der Waals surface area contributed by atoms with E-state index in [-0.39, 0.29) is 18.6 Å². The summed E-state index contributed by atoms with van der Waals surface area (Å²) in [6.45, 7) is 2.49. The zero-order chi connectivity index (χ0) is 13.7. The molecule has 2 aliphatic rings. The third kappa shape index (κ3) is 3.83. The summed E-state index contributed by atoms with van der Waals surface area (Å²) in [5.41, 5.74) is 0. The second-order valence-electron chi connectivity index (χ2n) is 5.31. The van der Waals surface area contributed by atoms with Crippen molar-refractivity contribution in [2.45, 2.75) is 44.7 Å². The molecular formula is C13H23N3O3. The summed E-state index contributed by atoms with van der Waals surface area (Å²) in [4.78, 5) is 26.4. The Morgan fingerprint density at radius 1 is 1.05 bits per heavy atom.